The van der Waals surface area contributed by atoms with Crippen LogP contribution >= 0.6 is 0 Å². The first-order chi connectivity index (χ1) is 9.28. The summed E-state index contributed by atoms with van der Waals surface area (Å²) in [6.45, 7) is 0.544. The van der Waals surface area contributed by atoms with E-state index >= 15 is 0 Å². The Bertz CT molecular complexity index is 414. The third kappa shape index (κ3) is 4.54. The Labute approximate surface area is 114 Å². The van der Waals surface area contributed by atoms with Gasteiger partial charge in [0, 0.05) is 25.2 Å². The molecule has 0 unspecified atom stereocenters. The quantitative estimate of drug-likeness (QED) is 0.857. The normalized spacial score (nSPS) is 15.4. The first-order valence-corrected chi connectivity index (χ1v) is 7.03. The van der Waals surface area contributed by atoms with Crippen molar-refractivity contribution in [2.24, 2.45) is 5.92 Å². The SMILES string of the molecule is COc1cc(CNC(=O)CCC2CCCC2)ccn1. The number of carbonyl (C=O) groups excluding carboxylic acids is 1. The van der Waals surface area contributed by atoms with E-state index in [-0.39, 0.29) is 5.91 Å². The van der Waals surface area contributed by atoms with Crippen LogP contribution in [0.3, 0.4) is 0 Å². The smallest absolute Gasteiger partial charge is 0.220 e. The van der Waals surface area contributed by atoms with Crippen molar-refractivity contribution in [1.29, 1.82) is 0 Å². The third-order valence-electron chi connectivity index (χ3n) is 3.75. The van der Waals surface area contributed by atoms with E-state index in [0.29, 0.717) is 18.8 Å². The van der Waals surface area contributed by atoms with Gasteiger partial charge in [0.2, 0.25) is 11.8 Å². The van der Waals surface area contributed by atoms with Gasteiger partial charge in [0.05, 0.1) is 7.11 Å². The number of methoxy groups -OCH3 is 1. The Morgan fingerprint density at radius 3 is 3.00 bits per heavy atom. The Kier molecular flexibility index (Phi) is 5.19. The Morgan fingerprint density at radius 1 is 1.47 bits per heavy atom. The maximum atomic E-state index is 11.8. The molecule has 2 rings (SSSR count). The summed E-state index contributed by atoms with van der Waals surface area (Å²) < 4.78 is 5.05. The van der Waals surface area contributed by atoms with Gasteiger partial charge in [0.25, 0.3) is 0 Å². The van der Waals surface area contributed by atoms with Gasteiger partial charge < -0.3 is 10.1 Å². The maximum Gasteiger partial charge on any atom is 0.220 e. The standard InChI is InChI=1S/C15H22N2O2/c1-19-15-10-13(8-9-16-15)11-17-14(18)7-6-12-4-2-3-5-12/h8-10,12H,2-7,11H2,1H3,(H,17,18). The second-order valence-corrected chi connectivity index (χ2v) is 5.17. The number of nitrogens with one attached hydrogen (secondary N) is 1. The van der Waals surface area contributed by atoms with E-state index in [1.165, 1.54) is 25.7 Å². The lowest BCUT2D eigenvalue weighted by atomic mass is 10.0. The van der Waals surface area contributed by atoms with Gasteiger partial charge in [-0.3, -0.25) is 4.79 Å². The summed E-state index contributed by atoms with van der Waals surface area (Å²) in [6, 6.07) is 3.73. The minimum Gasteiger partial charge on any atom is -0.481 e. The van der Waals surface area contributed by atoms with E-state index in [2.05, 4.69) is 10.3 Å². The first-order valence-electron chi connectivity index (χ1n) is 7.03. The van der Waals surface area contributed by atoms with Crippen molar-refractivity contribution in [3.63, 3.8) is 0 Å². The predicted octanol–water partition coefficient (Wildman–Crippen LogP) is 2.68. The lowest BCUT2D eigenvalue weighted by Crippen LogP contribution is -2.23. The van der Waals surface area contributed by atoms with E-state index in [4.69, 9.17) is 4.74 Å². The second kappa shape index (κ2) is 7.12. The number of carbonyl (C=O) groups is 1. The molecule has 4 heteroatoms. The average Bonchev–Trinajstić information content (AvgIpc) is 2.96. The summed E-state index contributed by atoms with van der Waals surface area (Å²) in [6.07, 6.45) is 8.65. The zero-order valence-corrected chi connectivity index (χ0v) is 11.5. The van der Waals surface area contributed by atoms with Crippen molar-refractivity contribution < 1.29 is 9.53 Å². The van der Waals surface area contributed by atoms with Gasteiger partial charge in [-0.1, -0.05) is 25.7 Å². The van der Waals surface area contributed by atoms with E-state index in [1.807, 2.05) is 12.1 Å². The highest BCUT2D eigenvalue weighted by Crippen LogP contribution is 2.28. The van der Waals surface area contributed by atoms with Crippen LogP contribution in [0, 0.1) is 5.92 Å². The Hall–Kier alpha value is -1.58. The highest BCUT2D eigenvalue weighted by molar-refractivity contribution is 5.75. The molecule has 1 heterocycles. The van der Waals surface area contributed by atoms with Gasteiger partial charge >= 0.3 is 0 Å². The van der Waals surface area contributed by atoms with Gasteiger partial charge in [-0.05, 0) is 24.0 Å². The van der Waals surface area contributed by atoms with Crippen molar-refractivity contribution in [2.75, 3.05) is 7.11 Å². The molecule has 1 N–H and O–H groups in total. The van der Waals surface area contributed by atoms with E-state index < -0.39 is 0 Å². The first kappa shape index (κ1) is 13.8. The molecule has 4 nitrogen and oxygen atoms in total. The zero-order chi connectivity index (χ0) is 13.5. The van der Waals surface area contributed by atoms with Crippen molar-refractivity contribution in [3.05, 3.63) is 23.9 Å². The lowest BCUT2D eigenvalue weighted by Gasteiger charge is -2.09. The third-order valence-corrected chi connectivity index (χ3v) is 3.75. The van der Waals surface area contributed by atoms with Crippen LogP contribution in [0.1, 0.15) is 44.1 Å². The fraction of sp³-hybridized carbons (Fsp3) is 0.600. The minimum absolute atomic E-state index is 0.141. The summed E-state index contributed by atoms with van der Waals surface area (Å²) in [5, 5.41) is 2.95. The Morgan fingerprint density at radius 2 is 2.26 bits per heavy atom. The highest BCUT2D eigenvalue weighted by atomic mass is 16.5. The molecule has 0 atom stereocenters. The number of hydrogen-bond donors (Lipinski definition) is 1. The predicted molar refractivity (Wildman–Crippen MR) is 73.8 cm³/mol. The molecule has 0 spiro atoms. The molecule has 1 aromatic rings. The number of rotatable bonds is 6. The second-order valence-electron chi connectivity index (χ2n) is 5.17. The lowest BCUT2D eigenvalue weighted by molar-refractivity contribution is -0.121. The van der Waals surface area contributed by atoms with Crippen LogP contribution < -0.4 is 10.1 Å². The number of aromatic nitrogens is 1. The molecule has 1 aliphatic carbocycles. The van der Waals surface area contributed by atoms with E-state index in [0.717, 1.165) is 17.9 Å². The monoisotopic (exact) mass is 262 g/mol. The van der Waals surface area contributed by atoms with Crippen LogP contribution in [-0.4, -0.2) is 18.0 Å². The Balaban J connectivity index is 1.70. The highest BCUT2D eigenvalue weighted by Gasteiger charge is 2.15. The molecule has 1 aromatic heterocycles. The molecule has 19 heavy (non-hydrogen) atoms. The fourth-order valence-corrected chi connectivity index (χ4v) is 2.60. The molecule has 1 fully saturated rings. The van der Waals surface area contributed by atoms with Crippen LogP contribution in [0.2, 0.25) is 0 Å². The van der Waals surface area contributed by atoms with Gasteiger partial charge in [0.15, 0.2) is 0 Å². The van der Waals surface area contributed by atoms with Crippen molar-refractivity contribution in [3.8, 4) is 5.88 Å². The van der Waals surface area contributed by atoms with Crippen molar-refractivity contribution in [2.45, 2.75) is 45.1 Å². The molecule has 1 saturated carbocycles. The maximum absolute atomic E-state index is 11.8. The fourth-order valence-electron chi connectivity index (χ4n) is 2.60. The number of hydrogen-bond acceptors (Lipinski definition) is 3. The number of pyridine rings is 1. The topological polar surface area (TPSA) is 51.2 Å². The average molecular weight is 262 g/mol. The van der Waals surface area contributed by atoms with E-state index in [1.54, 1.807) is 13.3 Å². The van der Waals surface area contributed by atoms with Crippen LogP contribution in [0.25, 0.3) is 0 Å². The van der Waals surface area contributed by atoms with Crippen LogP contribution in [0.5, 0.6) is 5.88 Å². The van der Waals surface area contributed by atoms with Crippen LogP contribution in [0.4, 0.5) is 0 Å². The molecule has 104 valence electrons. The summed E-state index contributed by atoms with van der Waals surface area (Å²) in [5.74, 6) is 1.49. The van der Waals surface area contributed by atoms with Crippen LogP contribution in [-0.2, 0) is 11.3 Å². The molecule has 1 amide bonds. The summed E-state index contributed by atoms with van der Waals surface area (Å²) in [5.41, 5.74) is 1.01. The minimum atomic E-state index is 0.141. The molecule has 0 saturated heterocycles. The molecule has 0 bridgehead atoms. The zero-order valence-electron chi connectivity index (χ0n) is 11.5. The van der Waals surface area contributed by atoms with Gasteiger partial charge in [-0.15, -0.1) is 0 Å². The molecule has 1 aliphatic rings. The largest absolute Gasteiger partial charge is 0.481 e. The summed E-state index contributed by atoms with van der Waals surface area (Å²) in [7, 11) is 1.59. The van der Waals surface area contributed by atoms with Gasteiger partial charge in [0.1, 0.15) is 0 Å². The molecular formula is C15H22N2O2. The summed E-state index contributed by atoms with van der Waals surface area (Å²) in [4.78, 5) is 15.8. The molecular weight excluding hydrogens is 240 g/mol. The summed E-state index contributed by atoms with van der Waals surface area (Å²) >= 11 is 0. The number of nitrogens with zero attached hydrogens (tertiary/aromatic N) is 1. The number of ether oxygens (including phenoxy) is 1. The molecule has 0 aromatic carbocycles. The molecule has 0 aliphatic heterocycles. The van der Waals surface area contributed by atoms with Crippen molar-refractivity contribution in [1.82, 2.24) is 10.3 Å². The molecule has 0 radical (unpaired) electrons. The van der Waals surface area contributed by atoms with Gasteiger partial charge in [-0.25, -0.2) is 4.98 Å². The van der Waals surface area contributed by atoms with Gasteiger partial charge in [-0.2, -0.15) is 0 Å². The number of amides is 1. The van der Waals surface area contributed by atoms with Crippen LogP contribution in [0.15, 0.2) is 18.3 Å². The van der Waals surface area contributed by atoms with E-state index in [9.17, 15) is 4.79 Å². The van der Waals surface area contributed by atoms with Crippen molar-refractivity contribution >= 4 is 5.91 Å².